The Morgan fingerprint density at radius 1 is 1.41 bits per heavy atom. The third-order valence-electron chi connectivity index (χ3n) is 2.42. The summed E-state index contributed by atoms with van der Waals surface area (Å²) in [6, 6.07) is 1.98. The zero-order chi connectivity index (χ0) is 12.3. The molecular formula is C12H15N3OS. The molecule has 0 bridgehead atoms. The highest BCUT2D eigenvalue weighted by atomic mass is 32.2. The van der Waals surface area contributed by atoms with Crippen LogP contribution in [0.15, 0.2) is 29.6 Å². The first-order valence-corrected chi connectivity index (χ1v) is 6.45. The lowest BCUT2D eigenvalue weighted by Crippen LogP contribution is -1.98. The summed E-state index contributed by atoms with van der Waals surface area (Å²) in [4.78, 5) is 9.78. The highest BCUT2D eigenvalue weighted by molar-refractivity contribution is 7.99. The lowest BCUT2D eigenvalue weighted by atomic mass is 10.2. The molecule has 0 radical (unpaired) electrons. The Morgan fingerprint density at radius 3 is 2.82 bits per heavy atom. The third kappa shape index (κ3) is 2.50. The Labute approximate surface area is 105 Å². The number of hydrogen-bond acceptors (Lipinski definition) is 4. The number of aliphatic hydroxyl groups excluding tert-OH is 1. The van der Waals surface area contributed by atoms with Gasteiger partial charge in [-0.1, -0.05) is 6.92 Å². The van der Waals surface area contributed by atoms with Crippen LogP contribution in [0.4, 0.5) is 0 Å². The first kappa shape index (κ1) is 12.1. The standard InChI is InChI=1S/C12H15N3OS/c1-3-17-10-6-9(8-16)7-14-11(10)12-13-4-5-15(12)2/h4-7,16H,3,8H2,1-2H3. The molecule has 2 heterocycles. The SMILES string of the molecule is CCSc1cc(CO)cnc1-c1nccn1C. The molecule has 0 aliphatic rings. The molecule has 1 N–H and O–H groups in total. The van der Waals surface area contributed by atoms with Crippen LogP contribution in [0, 0.1) is 0 Å². The van der Waals surface area contributed by atoms with E-state index in [1.807, 2.05) is 23.9 Å². The van der Waals surface area contributed by atoms with Crippen LogP contribution in [0.3, 0.4) is 0 Å². The van der Waals surface area contributed by atoms with Crippen LogP contribution in [-0.4, -0.2) is 25.4 Å². The van der Waals surface area contributed by atoms with Gasteiger partial charge in [-0.15, -0.1) is 11.8 Å². The molecule has 0 saturated heterocycles. The van der Waals surface area contributed by atoms with E-state index in [2.05, 4.69) is 16.9 Å². The Kier molecular flexibility index (Phi) is 3.81. The molecule has 4 nitrogen and oxygen atoms in total. The zero-order valence-corrected chi connectivity index (χ0v) is 10.7. The molecule has 0 unspecified atom stereocenters. The Morgan fingerprint density at radius 2 is 2.24 bits per heavy atom. The molecule has 90 valence electrons. The number of pyridine rings is 1. The number of aromatic nitrogens is 3. The third-order valence-corrected chi connectivity index (χ3v) is 3.34. The average molecular weight is 249 g/mol. The summed E-state index contributed by atoms with van der Waals surface area (Å²) >= 11 is 1.71. The largest absolute Gasteiger partial charge is 0.392 e. The monoisotopic (exact) mass is 249 g/mol. The maximum atomic E-state index is 9.14. The molecule has 17 heavy (non-hydrogen) atoms. The van der Waals surface area contributed by atoms with Gasteiger partial charge in [-0.05, 0) is 17.4 Å². The summed E-state index contributed by atoms with van der Waals surface area (Å²) in [7, 11) is 1.95. The zero-order valence-electron chi connectivity index (χ0n) is 9.92. The van der Waals surface area contributed by atoms with Crippen molar-refractivity contribution in [1.82, 2.24) is 14.5 Å². The number of nitrogens with zero attached hydrogens (tertiary/aromatic N) is 3. The summed E-state index contributed by atoms with van der Waals surface area (Å²) in [5, 5.41) is 9.14. The maximum absolute atomic E-state index is 9.14. The highest BCUT2D eigenvalue weighted by Crippen LogP contribution is 2.29. The first-order chi connectivity index (χ1) is 8.26. The van der Waals surface area contributed by atoms with E-state index in [1.165, 1.54) is 0 Å². The number of rotatable bonds is 4. The number of thioether (sulfide) groups is 1. The molecule has 5 heteroatoms. The molecule has 0 spiro atoms. The second-order valence-corrected chi connectivity index (χ2v) is 4.95. The van der Waals surface area contributed by atoms with E-state index in [1.54, 1.807) is 24.2 Å². The first-order valence-electron chi connectivity index (χ1n) is 5.46. The van der Waals surface area contributed by atoms with Crippen molar-refractivity contribution in [3.8, 4) is 11.5 Å². The normalized spacial score (nSPS) is 10.8. The Balaban J connectivity index is 2.49. The van der Waals surface area contributed by atoms with E-state index in [9.17, 15) is 0 Å². The minimum absolute atomic E-state index is 0.0190. The molecule has 0 atom stereocenters. The highest BCUT2D eigenvalue weighted by Gasteiger charge is 2.11. The molecular weight excluding hydrogens is 234 g/mol. The van der Waals surface area contributed by atoms with E-state index in [0.717, 1.165) is 27.7 Å². The molecule has 2 aromatic heterocycles. The quantitative estimate of drug-likeness (QED) is 0.843. The van der Waals surface area contributed by atoms with Crippen LogP contribution < -0.4 is 0 Å². The van der Waals surface area contributed by atoms with Crippen molar-refractivity contribution in [1.29, 1.82) is 0 Å². The second kappa shape index (κ2) is 5.33. The topological polar surface area (TPSA) is 50.9 Å². The summed E-state index contributed by atoms with van der Waals surface area (Å²) < 4.78 is 1.95. The average Bonchev–Trinajstić information content (AvgIpc) is 2.76. The fourth-order valence-electron chi connectivity index (χ4n) is 1.60. The summed E-state index contributed by atoms with van der Waals surface area (Å²) in [5.41, 5.74) is 1.71. The number of aryl methyl sites for hydroxylation is 1. The van der Waals surface area contributed by atoms with E-state index in [-0.39, 0.29) is 6.61 Å². The predicted molar refractivity (Wildman–Crippen MR) is 68.8 cm³/mol. The van der Waals surface area contributed by atoms with Gasteiger partial charge >= 0.3 is 0 Å². The van der Waals surface area contributed by atoms with Gasteiger partial charge in [0.25, 0.3) is 0 Å². The van der Waals surface area contributed by atoms with E-state index in [0.29, 0.717) is 0 Å². The second-order valence-electron chi connectivity index (χ2n) is 3.64. The Bertz CT molecular complexity index is 510. The summed E-state index contributed by atoms with van der Waals surface area (Å²) in [5.74, 6) is 1.82. The minimum atomic E-state index is 0.0190. The van der Waals surface area contributed by atoms with Gasteiger partial charge in [0.2, 0.25) is 0 Å². The Hall–Kier alpha value is -1.33. The summed E-state index contributed by atoms with van der Waals surface area (Å²) in [6.07, 6.45) is 5.36. The van der Waals surface area contributed by atoms with Gasteiger partial charge in [0.05, 0.1) is 6.61 Å². The molecule has 0 aliphatic heterocycles. The van der Waals surface area contributed by atoms with Crippen molar-refractivity contribution in [2.45, 2.75) is 18.4 Å². The predicted octanol–water partition coefficient (Wildman–Crippen LogP) is 2.09. The smallest absolute Gasteiger partial charge is 0.159 e. The number of hydrogen-bond donors (Lipinski definition) is 1. The summed E-state index contributed by atoms with van der Waals surface area (Å²) in [6.45, 7) is 2.11. The van der Waals surface area contributed by atoms with Crippen LogP contribution in [0.5, 0.6) is 0 Å². The van der Waals surface area contributed by atoms with Crippen LogP contribution in [-0.2, 0) is 13.7 Å². The van der Waals surface area contributed by atoms with Gasteiger partial charge in [0, 0.05) is 30.5 Å². The lowest BCUT2D eigenvalue weighted by Gasteiger charge is -2.08. The van der Waals surface area contributed by atoms with Crippen molar-refractivity contribution in [2.75, 3.05) is 5.75 Å². The lowest BCUT2D eigenvalue weighted by molar-refractivity contribution is 0.281. The van der Waals surface area contributed by atoms with E-state index >= 15 is 0 Å². The van der Waals surface area contributed by atoms with E-state index in [4.69, 9.17) is 5.11 Å². The molecule has 0 aromatic carbocycles. The van der Waals surface area contributed by atoms with Gasteiger partial charge in [-0.2, -0.15) is 0 Å². The van der Waals surface area contributed by atoms with Gasteiger partial charge in [0.15, 0.2) is 5.82 Å². The number of aliphatic hydroxyl groups is 1. The molecule has 0 fully saturated rings. The molecule has 2 rings (SSSR count). The molecule has 0 saturated carbocycles. The maximum Gasteiger partial charge on any atom is 0.159 e. The van der Waals surface area contributed by atoms with Crippen LogP contribution in [0.2, 0.25) is 0 Å². The van der Waals surface area contributed by atoms with Crippen molar-refractivity contribution < 1.29 is 5.11 Å². The molecule has 2 aromatic rings. The van der Waals surface area contributed by atoms with Gasteiger partial charge in [-0.3, -0.25) is 4.98 Å². The van der Waals surface area contributed by atoms with Crippen LogP contribution in [0.25, 0.3) is 11.5 Å². The van der Waals surface area contributed by atoms with Crippen LogP contribution in [0.1, 0.15) is 12.5 Å². The van der Waals surface area contributed by atoms with Gasteiger partial charge in [-0.25, -0.2) is 4.98 Å². The fraction of sp³-hybridized carbons (Fsp3) is 0.333. The van der Waals surface area contributed by atoms with Crippen molar-refractivity contribution in [3.63, 3.8) is 0 Å². The van der Waals surface area contributed by atoms with Gasteiger partial charge < -0.3 is 9.67 Å². The minimum Gasteiger partial charge on any atom is -0.392 e. The molecule has 0 amide bonds. The van der Waals surface area contributed by atoms with Crippen molar-refractivity contribution in [2.24, 2.45) is 7.05 Å². The van der Waals surface area contributed by atoms with Crippen molar-refractivity contribution in [3.05, 3.63) is 30.2 Å². The molecule has 0 aliphatic carbocycles. The van der Waals surface area contributed by atoms with Crippen LogP contribution >= 0.6 is 11.8 Å². The van der Waals surface area contributed by atoms with Crippen molar-refractivity contribution >= 4 is 11.8 Å². The van der Waals surface area contributed by atoms with Gasteiger partial charge in [0.1, 0.15) is 5.69 Å². The van der Waals surface area contributed by atoms with E-state index < -0.39 is 0 Å². The fourth-order valence-corrected chi connectivity index (χ4v) is 2.43. The number of imidazole rings is 1.